The molecule has 1 amide bonds. The highest BCUT2D eigenvalue weighted by Gasteiger charge is 2.25. The summed E-state index contributed by atoms with van der Waals surface area (Å²) < 4.78 is 20.8. The molecule has 30 heavy (non-hydrogen) atoms. The molecule has 0 aromatic heterocycles. The highest BCUT2D eigenvalue weighted by atomic mass is 35.5. The third-order valence-corrected chi connectivity index (χ3v) is 4.18. The number of amides is 1. The molecule has 0 fully saturated rings. The smallest absolute Gasteiger partial charge is 0.258 e. The van der Waals surface area contributed by atoms with Gasteiger partial charge in [-0.3, -0.25) is 9.59 Å². The van der Waals surface area contributed by atoms with Crippen LogP contribution in [-0.4, -0.2) is 46.2 Å². The number of anilines is 1. The van der Waals surface area contributed by atoms with E-state index in [2.05, 4.69) is 15.5 Å². The average molecular weight is 436 g/mol. The Kier molecular flexibility index (Phi) is 7.99. The van der Waals surface area contributed by atoms with Gasteiger partial charge in [-0.05, 0) is 13.0 Å². The average Bonchev–Trinajstić information content (AvgIpc) is 2.72. The van der Waals surface area contributed by atoms with Crippen LogP contribution < -0.4 is 24.3 Å². The van der Waals surface area contributed by atoms with E-state index in [-0.39, 0.29) is 11.4 Å². The zero-order chi connectivity index (χ0) is 22.3. The number of Topliss-reactive ketones (excluding diaryl/α,β-unsaturated/α-hetero) is 1. The minimum atomic E-state index is -1.39. The summed E-state index contributed by atoms with van der Waals surface area (Å²) in [6, 6.07) is 6.46. The first kappa shape index (κ1) is 23.0. The fourth-order valence-corrected chi connectivity index (χ4v) is 2.73. The van der Waals surface area contributed by atoms with Gasteiger partial charge in [0.15, 0.2) is 17.3 Å². The van der Waals surface area contributed by atoms with Gasteiger partial charge in [0.2, 0.25) is 6.04 Å². The number of rotatable bonds is 9. The number of methoxy groups -OCH3 is 4. The van der Waals surface area contributed by atoms with Crippen LogP contribution in [-0.2, 0) is 9.59 Å². The summed E-state index contributed by atoms with van der Waals surface area (Å²) in [5.41, 5.74) is 0.587. The zero-order valence-electron chi connectivity index (χ0n) is 17.2. The van der Waals surface area contributed by atoms with Gasteiger partial charge >= 0.3 is 0 Å². The topological polar surface area (TPSA) is 108 Å². The van der Waals surface area contributed by atoms with Crippen LogP contribution in [0.5, 0.6) is 23.0 Å². The van der Waals surface area contributed by atoms with Gasteiger partial charge in [-0.2, -0.15) is 10.2 Å². The van der Waals surface area contributed by atoms with E-state index in [1.165, 1.54) is 47.5 Å². The van der Waals surface area contributed by atoms with Crippen LogP contribution in [0.15, 0.2) is 40.6 Å². The maximum Gasteiger partial charge on any atom is 0.258 e. The summed E-state index contributed by atoms with van der Waals surface area (Å²) in [6.45, 7) is 1.24. The van der Waals surface area contributed by atoms with E-state index >= 15 is 0 Å². The lowest BCUT2D eigenvalue weighted by atomic mass is 10.2. The monoisotopic (exact) mass is 435 g/mol. The van der Waals surface area contributed by atoms with Gasteiger partial charge in [-0.15, -0.1) is 0 Å². The number of hydrogen-bond acceptors (Lipinski definition) is 8. The van der Waals surface area contributed by atoms with Crippen molar-refractivity contribution in [3.8, 4) is 23.0 Å². The standard InChI is InChI=1S/C20H22ClN3O6/c1-11(25)18(24-23-13-8-14(27-2)10-15(9-13)28-3)20(26)22-16-6-12(21)7-17(29-4)19(16)30-5/h6-10,18H,1-5H3,(H,22,26). The lowest BCUT2D eigenvalue weighted by molar-refractivity contribution is -0.126. The van der Waals surface area contributed by atoms with Crippen LogP contribution in [0.25, 0.3) is 0 Å². The van der Waals surface area contributed by atoms with Crippen molar-refractivity contribution in [3.05, 3.63) is 35.4 Å². The van der Waals surface area contributed by atoms with E-state index in [0.29, 0.717) is 28.0 Å². The van der Waals surface area contributed by atoms with Crippen molar-refractivity contribution in [2.75, 3.05) is 33.8 Å². The molecule has 9 nitrogen and oxygen atoms in total. The second-order valence-corrected chi connectivity index (χ2v) is 6.41. The van der Waals surface area contributed by atoms with Crippen molar-refractivity contribution in [2.24, 2.45) is 10.2 Å². The summed E-state index contributed by atoms with van der Waals surface area (Å²) in [6.07, 6.45) is 0. The highest BCUT2D eigenvalue weighted by Crippen LogP contribution is 2.38. The Balaban J connectivity index is 2.32. The minimum absolute atomic E-state index is 0.233. The van der Waals surface area contributed by atoms with Gasteiger partial charge in [0.1, 0.15) is 11.5 Å². The van der Waals surface area contributed by atoms with Crippen molar-refractivity contribution < 1.29 is 28.5 Å². The van der Waals surface area contributed by atoms with Crippen LogP contribution in [0.3, 0.4) is 0 Å². The van der Waals surface area contributed by atoms with Gasteiger partial charge in [-0.25, -0.2) is 0 Å². The lowest BCUT2D eigenvalue weighted by Gasteiger charge is -2.15. The molecule has 0 aliphatic rings. The number of halogens is 1. The Bertz CT molecular complexity index is 942. The number of ketones is 1. The van der Waals surface area contributed by atoms with Crippen molar-refractivity contribution in [2.45, 2.75) is 13.0 Å². The molecule has 0 bridgehead atoms. The molecule has 1 unspecified atom stereocenters. The highest BCUT2D eigenvalue weighted by molar-refractivity contribution is 6.31. The predicted octanol–water partition coefficient (Wildman–Crippen LogP) is 4.05. The SMILES string of the molecule is COc1cc(N=NC(C(C)=O)C(=O)Nc2cc(Cl)cc(OC)c2OC)cc(OC)c1. The molecule has 0 radical (unpaired) electrons. The van der Waals surface area contributed by atoms with E-state index in [4.69, 9.17) is 30.5 Å². The summed E-state index contributed by atoms with van der Waals surface area (Å²) >= 11 is 6.06. The molecule has 2 aromatic carbocycles. The van der Waals surface area contributed by atoms with E-state index in [1.54, 1.807) is 18.2 Å². The van der Waals surface area contributed by atoms with E-state index < -0.39 is 17.7 Å². The first-order valence-electron chi connectivity index (χ1n) is 8.69. The third-order valence-electron chi connectivity index (χ3n) is 3.96. The van der Waals surface area contributed by atoms with Crippen molar-refractivity contribution in [1.29, 1.82) is 0 Å². The molecular weight excluding hydrogens is 414 g/mol. The van der Waals surface area contributed by atoms with Gasteiger partial charge in [0.05, 0.1) is 39.8 Å². The Labute approximate surface area is 178 Å². The van der Waals surface area contributed by atoms with Gasteiger partial charge in [-0.1, -0.05) is 11.6 Å². The number of carbonyl (C=O) groups is 2. The fraction of sp³-hybridized carbons (Fsp3) is 0.300. The van der Waals surface area contributed by atoms with Crippen LogP contribution >= 0.6 is 11.6 Å². The molecule has 1 N–H and O–H groups in total. The second kappa shape index (κ2) is 10.4. The molecule has 160 valence electrons. The molecule has 0 heterocycles. The second-order valence-electron chi connectivity index (χ2n) is 5.98. The quantitative estimate of drug-likeness (QED) is 0.470. The molecule has 2 rings (SSSR count). The van der Waals surface area contributed by atoms with Crippen LogP contribution in [0.4, 0.5) is 11.4 Å². The fourth-order valence-electron chi connectivity index (χ4n) is 2.52. The third kappa shape index (κ3) is 5.60. The van der Waals surface area contributed by atoms with E-state index in [0.717, 1.165) is 0 Å². The number of hydrogen-bond donors (Lipinski definition) is 1. The van der Waals surface area contributed by atoms with Crippen LogP contribution in [0.1, 0.15) is 6.92 Å². The molecule has 0 saturated heterocycles. The van der Waals surface area contributed by atoms with Crippen LogP contribution in [0, 0.1) is 0 Å². The number of nitrogens with zero attached hydrogens (tertiary/aromatic N) is 2. The lowest BCUT2D eigenvalue weighted by Crippen LogP contribution is -2.32. The Morgan fingerprint density at radius 2 is 1.57 bits per heavy atom. The summed E-state index contributed by atoms with van der Waals surface area (Å²) in [5, 5.41) is 10.8. The van der Waals surface area contributed by atoms with Crippen molar-refractivity contribution in [3.63, 3.8) is 0 Å². The van der Waals surface area contributed by atoms with E-state index in [1.807, 2.05) is 0 Å². The van der Waals surface area contributed by atoms with Gasteiger partial charge < -0.3 is 24.3 Å². The maximum atomic E-state index is 12.7. The molecule has 2 aromatic rings. The maximum absolute atomic E-state index is 12.7. The number of azo groups is 1. The molecular formula is C20H22ClN3O6. The summed E-state index contributed by atoms with van der Waals surface area (Å²) in [5.74, 6) is 0.352. The largest absolute Gasteiger partial charge is 0.497 e. The number of nitrogens with one attached hydrogen (secondary N) is 1. The van der Waals surface area contributed by atoms with Gasteiger partial charge in [0, 0.05) is 29.3 Å². The predicted molar refractivity (Wildman–Crippen MR) is 112 cm³/mol. The molecule has 0 saturated carbocycles. The van der Waals surface area contributed by atoms with Crippen molar-refractivity contribution >= 4 is 34.7 Å². The normalized spacial score (nSPS) is 11.7. The van der Waals surface area contributed by atoms with Gasteiger partial charge in [0.25, 0.3) is 5.91 Å². The van der Waals surface area contributed by atoms with Crippen LogP contribution in [0.2, 0.25) is 5.02 Å². The Morgan fingerprint density at radius 1 is 0.933 bits per heavy atom. The minimum Gasteiger partial charge on any atom is -0.497 e. The summed E-state index contributed by atoms with van der Waals surface area (Å²) in [7, 11) is 5.84. The molecule has 0 aliphatic heterocycles. The zero-order valence-corrected chi connectivity index (χ0v) is 17.9. The first-order valence-corrected chi connectivity index (χ1v) is 9.07. The summed E-state index contributed by atoms with van der Waals surface area (Å²) in [4.78, 5) is 24.8. The molecule has 0 spiro atoms. The molecule has 0 aliphatic carbocycles. The van der Waals surface area contributed by atoms with Crippen molar-refractivity contribution in [1.82, 2.24) is 0 Å². The Morgan fingerprint density at radius 3 is 2.07 bits per heavy atom. The number of ether oxygens (including phenoxy) is 4. The first-order chi connectivity index (χ1) is 14.3. The number of carbonyl (C=O) groups excluding carboxylic acids is 2. The molecule has 10 heteroatoms. The molecule has 1 atom stereocenters. The van der Waals surface area contributed by atoms with E-state index in [9.17, 15) is 9.59 Å². The Hall–Kier alpha value is -3.33. The number of benzene rings is 2.